The number of hydrogen-bond donors (Lipinski definition) is 1. The second kappa shape index (κ2) is 8.28. The molecule has 0 saturated heterocycles. The van der Waals surface area contributed by atoms with Crippen molar-refractivity contribution in [2.45, 2.75) is 46.4 Å². The fourth-order valence-electron chi connectivity index (χ4n) is 1.32. The third-order valence-corrected chi connectivity index (χ3v) is 2.14. The Morgan fingerprint density at radius 1 is 1.32 bits per heavy atom. The average Bonchev–Trinajstić information content (AvgIpc) is 2.23. The van der Waals surface area contributed by atoms with Crippen molar-refractivity contribution in [1.29, 1.82) is 0 Å². The van der Waals surface area contributed by atoms with Crippen LogP contribution in [0.2, 0.25) is 0 Å². The highest BCUT2D eigenvalue weighted by molar-refractivity contribution is 5.73. The molecule has 0 rings (SSSR count). The van der Waals surface area contributed by atoms with Gasteiger partial charge in [-0.05, 0) is 17.6 Å². The van der Waals surface area contributed by atoms with Gasteiger partial charge in [0.25, 0.3) is 6.29 Å². The minimum absolute atomic E-state index is 0.208. The number of likely N-dealkylation sites (N-methyl/N-ethyl adjacent to an activating group) is 1. The summed E-state index contributed by atoms with van der Waals surface area (Å²) >= 11 is 0. The van der Waals surface area contributed by atoms with Gasteiger partial charge in [0.05, 0.1) is 0 Å². The number of aliphatic carboxylic acids is 1. The predicted molar refractivity (Wildman–Crippen MR) is 65.8 cm³/mol. The highest BCUT2D eigenvalue weighted by Gasteiger charge is 2.23. The van der Waals surface area contributed by atoms with Crippen molar-refractivity contribution in [3.8, 4) is 0 Å². The molecule has 0 fully saturated rings. The van der Waals surface area contributed by atoms with Gasteiger partial charge in [0.2, 0.25) is 0 Å². The first kappa shape index (κ1) is 17.1. The highest BCUT2D eigenvalue weighted by Crippen LogP contribution is 2.11. The summed E-state index contributed by atoms with van der Waals surface area (Å²) in [5.41, 5.74) is 0. The van der Waals surface area contributed by atoms with Crippen molar-refractivity contribution in [3.05, 3.63) is 0 Å². The third kappa shape index (κ3) is 7.96. The fourth-order valence-corrected chi connectivity index (χ4v) is 1.32. The highest BCUT2D eigenvalue weighted by atomic mass is 16.8. The first-order valence-electron chi connectivity index (χ1n) is 5.93. The second-order valence-electron chi connectivity index (χ2n) is 4.51. The molecule has 8 heteroatoms. The van der Waals surface area contributed by atoms with Crippen molar-refractivity contribution in [1.82, 2.24) is 5.01 Å². The van der Waals surface area contributed by atoms with E-state index in [4.69, 9.17) is 9.94 Å². The smallest absolute Gasteiger partial charge is 0.328 e. The molecule has 0 aliphatic rings. The van der Waals surface area contributed by atoms with E-state index in [0.717, 1.165) is 0 Å². The molecule has 110 valence electrons. The van der Waals surface area contributed by atoms with Crippen LogP contribution in [0.5, 0.6) is 0 Å². The number of rotatable bonds is 8. The van der Waals surface area contributed by atoms with Crippen LogP contribution >= 0.6 is 0 Å². The Kier molecular flexibility index (Phi) is 7.47. The number of carbonyl (C=O) groups is 2. The van der Waals surface area contributed by atoms with Crippen molar-refractivity contribution in [2.75, 3.05) is 7.05 Å². The summed E-state index contributed by atoms with van der Waals surface area (Å²) in [5.74, 6) is -1.28. The molecule has 1 unspecified atom stereocenters. The monoisotopic (exact) mass is 275 g/mol. The second-order valence-corrected chi connectivity index (χ2v) is 4.51. The van der Waals surface area contributed by atoms with Gasteiger partial charge >= 0.3 is 11.9 Å². The number of hydrogen-bond acceptors (Lipinski definition) is 6. The molecule has 0 aliphatic carbocycles. The molecule has 0 bridgehead atoms. The SMILES string of the molecule is CC(=O)OC(C)O/N=N\N(C)[C@@H](CC(C)C)C(=O)O. The maximum absolute atomic E-state index is 11.1. The minimum Gasteiger partial charge on any atom is -0.480 e. The predicted octanol–water partition coefficient (Wildman–Crippen LogP) is 1.63. The number of esters is 1. The maximum atomic E-state index is 11.1. The van der Waals surface area contributed by atoms with Gasteiger partial charge in [0.15, 0.2) is 0 Å². The Morgan fingerprint density at radius 2 is 1.89 bits per heavy atom. The van der Waals surface area contributed by atoms with Gasteiger partial charge in [-0.3, -0.25) is 9.80 Å². The summed E-state index contributed by atoms with van der Waals surface area (Å²) in [4.78, 5) is 26.4. The molecule has 0 saturated carbocycles. The molecular weight excluding hydrogens is 254 g/mol. The van der Waals surface area contributed by atoms with E-state index >= 15 is 0 Å². The van der Waals surface area contributed by atoms with Crippen LogP contribution in [0.1, 0.15) is 34.1 Å². The van der Waals surface area contributed by atoms with Gasteiger partial charge in [0.1, 0.15) is 6.04 Å². The van der Waals surface area contributed by atoms with Crippen molar-refractivity contribution < 1.29 is 24.3 Å². The van der Waals surface area contributed by atoms with Crippen molar-refractivity contribution >= 4 is 11.9 Å². The van der Waals surface area contributed by atoms with Gasteiger partial charge in [-0.2, -0.15) is 0 Å². The lowest BCUT2D eigenvalue weighted by Crippen LogP contribution is -2.36. The zero-order chi connectivity index (χ0) is 15.0. The van der Waals surface area contributed by atoms with Crippen LogP contribution < -0.4 is 0 Å². The lowest BCUT2D eigenvalue weighted by molar-refractivity contribution is -0.175. The Hall–Kier alpha value is -1.86. The average molecular weight is 275 g/mol. The van der Waals surface area contributed by atoms with E-state index in [-0.39, 0.29) is 5.92 Å². The van der Waals surface area contributed by atoms with Gasteiger partial charge in [-0.1, -0.05) is 13.8 Å². The standard InChI is InChI=1S/C11H21N3O5/c1-7(2)6-10(11(16)17)14(5)12-13-19-9(4)18-8(3)15/h7,9-10H,6H2,1-5H3,(H,16,17)/b13-12-/t9?,10-/m0/s1. The van der Waals surface area contributed by atoms with Crippen molar-refractivity contribution in [2.24, 2.45) is 16.4 Å². The minimum atomic E-state index is -0.983. The fraction of sp³-hybridized carbons (Fsp3) is 0.818. The third-order valence-electron chi connectivity index (χ3n) is 2.14. The van der Waals surface area contributed by atoms with Crippen LogP contribution in [0.4, 0.5) is 0 Å². The quantitative estimate of drug-likeness (QED) is 0.312. The first-order chi connectivity index (χ1) is 8.73. The van der Waals surface area contributed by atoms with Crippen LogP contribution in [0.3, 0.4) is 0 Å². The lowest BCUT2D eigenvalue weighted by atomic mass is 10.0. The summed E-state index contributed by atoms with van der Waals surface area (Å²) in [5, 5.41) is 17.2. The van der Waals surface area contributed by atoms with Crippen LogP contribution in [-0.4, -0.2) is 41.4 Å². The Labute approximate surface area is 112 Å². The van der Waals surface area contributed by atoms with Crippen LogP contribution in [0.15, 0.2) is 10.5 Å². The van der Waals surface area contributed by atoms with E-state index in [1.54, 1.807) is 0 Å². The first-order valence-corrected chi connectivity index (χ1v) is 5.93. The summed E-state index contributed by atoms with van der Waals surface area (Å²) in [6.45, 7) is 6.55. The summed E-state index contributed by atoms with van der Waals surface area (Å²) in [6.07, 6.45) is -0.437. The van der Waals surface area contributed by atoms with Gasteiger partial charge in [-0.15, -0.1) is 0 Å². The molecule has 0 spiro atoms. The molecular formula is C11H21N3O5. The molecule has 2 atom stereocenters. The Morgan fingerprint density at radius 3 is 2.32 bits per heavy atom. The number of ether oxygens (including phenoxy) is 1. The normalized spacial score (nSPS) is 14.2. The molecule has 0 aromatic heterocycles. The summed E-state index contributed by atoms with van der Waals surface area (Å²) < 4.78 is 4.65. The van der Waals surface area contributed by atoms with Crippen LogP contribution in [-0.2, 0) is 19.2 Å². The molecule has 19 heavy (non-hydrogen) atoms. The molecule has 0 aromatic carbocycles. The Bertz CT molecular complexity index is 332. The van der Waals surface area contributed by atoms with Crippen molar-refractivity contribution in [3.63, 3.8) is 0 Å². The van der Waals surface area contributed by atoms with E-state index in [1.165, 1.54) is 25.9 Å². The number of carboxylic acid groups (broad SMARTS) is 1. The van der Waals surface area contributed by atoms with E-state index in [1.807, 2.05) is 13.8 Å². The van der Waals surface area contributed by atoms with Crippen LogP contribution in [0.25, 0.3) is 0 Å². The molecule has 0 aliphatic heterocycles. The molecule has 8 nitrogen and oxygen atoms in total. The molecule has 1 N–H and O–H groups in total. The zero-order valence-electron chi connectivity index (χ0n) is 11.9. The van der Waals surface area contributed by atoms with Gasteiger partial charge in [-0.25, -0.2) is 4.79 Å². The summed E-state index contributed by atoms with van der Waals surface area (Å²) in [6, 6.07) is -0.781. The molecule has 0 aromatic rings. The van der Waals surface area contributed by atoms with Crippen LogP contribution in [0, 0.1) is 5.92 Å². The van der Waals surface area contributed by atoms with Gasteiger partial charge < -0.3 is 14.7 Å². The number of carbonyl (C=O) groups excluding carboxylic acids is 1. The Balaban J connectivity index is 4.34. The molecule has 0 heterocycles. The van der Waals surface area contributed by atoms with E-state index in [9.17, 15) is 9.59 Å². The maximum Gasteiger partial charge on any atom is 0.328 e. The molecule has 0 amide bonds. The van der Waals surface area contributed by atoms with E-state index < -0.39 is 24.3 Å². The van der Waals surface area contributed by atoms with Gasteiger partial charge in [0, 0.05) is 26.2 Å². The topological polar surface area (TPSA) is 101 Å². The number of carboxylic acids is 1. The lowest BCUT2D eigenvalue weighted by Gasteiger charge is -2.21. The number of nitrogens with zero attached hydrogens (tertiary/aromatic N) is 3. The largest absolute Gasteiger partial charge is 0.480 e. The molecule has 0 radical (unpaired) electrons. The zero-order valence-corrected chi connectivity index (χ0v) is 11.9. The van der Waals surface area contributed by atoms with E-state index in [2.05, 4.69) is 15.2 Å². The van der Waals surface area contributed by atoms with E-state index in [0.29, 0.717) is 6.42 Å². The summed E-state index contributed by atoms with van der Waals surface area (Å²) in [7, 11) is 1.49.